The number of alkyl carbamates (subject to hydrolysis) is 1. The molecule has 0 radical (unpaired) electrons. The molecule has 1 atom stereocenters. The summed E-state index contributed by atoms with van der Waals surface area (Å²) in [7, 11) is 6.34. The van der Waals surface area contributed by atoms with Gasteiger partial charge in [0.1, 0.15) is 38.8 Å². The average molecular weight is 399 g/mol. The first-order valence-corrected chi connectivity index (χ1v) is 10.4. The van der Waals surface area contributed by atoms with E-state index >= 15 is 0 Å². The van der Waals surface area contributed by atoms with Crippen LogP contribution in [0, 0.1) is 0 Å². The van der Waals surface area contributed by atoms with Crippen molar-refractivity contribution < 1.29 is 19.3 Å². The van der Waals surface area contributed by atoms with Crippen LogP contribution in [0.4, 0.5) is 10.5 Å². The van der Waals surface area contributed by atoms with Gasteiger partial charge in [-0.05, 0) is 17.7 Å². The van der Waals surface area contributed by atoms with Crippen molar-refractivity contribution in [2.24, 2.45) is 0 Å². The Morgan fingerprint density at radius 2 is 1.69 bits per heavy atom. The minimum absolute atomic E-state index is 0.226. The molecular formula is C23H34N4O2+2. The van der Waals surface area contributed by atoms with Crippen LogP contribution < -0.4 is 20.0 Å². The van der Waals surface area contributed by atoms with Crippen LogP contribution >= 0.6 is 0 Å². The van der Waals surface area contributed by atoms with Crippen LogP contribution in [0.5, 0.6) is 0 Å². The van der Waals surface area contributed by atoms with Crippen molar-refractivity contribution in [3.05, 3.63) is 65.7 Å². The van der Waals surface area contributed by atoms with Crippen LogP contribution in [0.25, 0.3) is 0 Å². The van der Waals surface area contributed by atoms with Crippen LogP contribution in [-0.2, 0) is 11.3 Å². The van der Waals surface area contributed by atoms with Crippen molar-refractivity contribution in [3.63, 3.8) is 0 Å². The fourth-order valence-electron chi connectivity index (χ4n) is 3.81. The maximum atomic E-state index is 12.3. The standard InChI is InChI=1S/C23H32N4O2/c1-25(2)21-11-9-20(10-12-21)22(27-15-13-26(3)14-16-27)17-24-23(28)29-18-19-7-5-4-6-8-19/h4-12,22H,13-18H2,1-3H3,(H,24,28)/p+2/t22-/m0/s1. The van der Waals surface area contributed by atoms with Crippen LogP contribution in [0.1, 0.15) is 17.2 Å². The number of quaternary nitrogens is 2. The van der Waals surface area contributed by atoms with E-state index in [0.717, 1.165) is 31.7 Å². The molecular weight excluding hydrogens is 364 g/mol. The molecule has 0 unspecified atom stereocenters. The van der Waals surface area contributed by atoms with Gasteiger partial charge in [0.05, 0.1) is 13.6 Å². The molecule has 6 heteroatoms. The maximum Gasteiger partial charge on any atom is 0.407 e. The molecule has 156 valence electrons. The van der Waals surface area contributed by atoms with Crippen molar-refractivity contribution in [2.75, 3.05) is 58.8 Å². The van der Waals surface area contributed by atoms with E-state index in [1.807, 2.05) is 44.4 Å². The van der Waals surface area contributed by atoms with Crippen LogP contribution in [0.15, 0.2) is 54.6 Å². The highest BCUT2D eigenvalue weighted by Gasteiger charge is 2.29. The van der Waals surface area contributed by atoms with E-state index < -0.39 is 0 Å². The summed E-state index contributed by atoms with van der Waals surface area (Å²) in [5.74, 6) is 0. The molecule has 3 N–H and O–H groups in total. The molecule has 2 aromatic carbocycles. The highest BCUT2D eigenvalue weighted by atomic mass is 16.5. The second kappa shape index (κ2) is 10.3. The third-order valence-electron chi connectivity index (χ3n) is 5.71. The highest BCUT2D eigenvalue weighted by Crippen LogP contribution is 2.16. The number of rotatable bonds is 7. The number of nitrogens with one attached hydrogen (secondary N) is 3. The minimum Gasteiger partial charge on any atom is -0.445 e. The van der Waals surface area contributed by atoms with E-state index in [-0.39, 0.29) is 12.1 Å². The zero-order valence-electron chi connectivity index (χ0n) is 17.8. The van der Waals surface area contributed by atoms with Gasteiger partial charge in [0.2, 0.25) is 0 Å². The van der Waals surface area contributed by atoms with Crippen molar-refractivity contribution in [3.8, 4) is 0 Å². The predicted molar refractivity (Wildman–Crippen MR) is 115 cm³/mol. The number of hydrogen-bond donors (Lipinski definition) is 3. The second-order valence-electron chi connectivity index (χ2n) is 8.10. The van der Waals surface area contributed by atoms with Gasteiger partial charge in [-0.2, -0.15) is 0 Å². The van der Waals surface area contributed by atoms with Gasteiger partial charge >= 0.3 is 6.09 Å². The molecule has 1 heterocycles. The van der Waals surface area contributed by atoms with E-state index in [2.05, 4.69) is 41.5 Å². The van der Waals surface area contributed by atoms with Crippen LogP contribution in [0.3, 0.4) is 0 Å². The third kappa shape index (κ3) is 6.21. The third-order valence-corrected chi connectivity index (χ3v) is 5.71. The zero-order valence-corrected chi connectivity index (χ0v) is 17.8. The van der Waals surface area contributed by atoms with Gasteiger partial charge in [0, 0.05) is 25.3 Å². The smallest absolute Gasteiger partial charge is 0.407 e. The van der Waals surface area contributed by atoms with E-state index in [4.69, 9.17) is 4.74 Å². The lowest BCUT2D eigenvalue weighted by atomic mass is 10.0. The first kappa shape index (κ1) is 21.1. The molecule has 0 aliphatic carbocycles. The van der Waals surface area contributed by atoms with E-state index in [1.165, 1.54) is 16.2 Å². The highest BCUT2D eigenvalue weighted by molar-refractivity contribution is 5.67. The number of likely N-dealkylation sites (N-methyl/N-ethyl adjacent to an activating group) is 1. The Bertz CT molecular complexity index is 756. The van der Waals surface area contributed by atoms with Crippen molar-refractivity contribution in [2.45, 2.75) is 12.6 Å². The lowest BCUT2D eigenvalue weighted by Crippen LogP contribution is -3.27. The quantitative estimate of drug-likeness (QED) is 0.622. The summed E-state index contributed by atoms with van der Waals surface area (Å²) < 4.78 is 5.40. The number of carbonyl (C=O) groups is 1. The Morgan fingerprint density at radius 1 is 1.03 bits per heavy atom. The van der Waals surface area contributed by atoms with Gasteiger partial charge in [-0.3, -0.25) is 0 Å². The average Bonchev–Trinajstić information content (AvgIpc) is 2.74. The molecule has 2 aromatic rings. The summed E-state index contributed by atoms with van der Waals surface area (Å²) in [4.78, 5) is 17.5. The molecule has 0 bridgehead atoms. The molecule has 1 aliphatic heterocycles. The summed E-state index contributed by atoms with van der Waals surface area (Å²) in [6.45, 7) is 5.38. The van der Waals surface area contributed by atoms with Crippen molar-refractivity contribution in [1.82, 2.24) is 5.32 Å². The monoisotopic (exact) mass is 398 g/mol. The SMILES string of the molecule is CN(C)c1ccc([C@H](CNC(=O)OCc2ccccc2)[NH+]2CC[NH+](C)CC2)cc1. The van der Waals surface area contributed by atoms with Crippen molar-refractivity contribution >= 4 is 11.8 Å². The summed E-state index contributed by atoms with van der Waals surface area (Å²) in [5, 5.41) is 3.00. The van der Waals surface area contributed by atoms with Crippen molar-refractivity contribution in [1.29, 1.82) is 0 Å². The predicted octanol–water partition coefficient (Wildman–Crippen LogP) is 0.133. The lowest BCUT2D eigenvalue weighted by molar-refractivity contribution is -1.02. The Labute approximate surface area is 174 Å². The Kier molecular flexibility index (Phi) is 7.49. The van der Waals surface area contributed by atoms with E-state index in [9.17, 15) is 4.79 Å². The molecule has 1 saturated heterocycles. The molecule has 6 nitrogen and oxygen atoms in total. The lowest BCUT2D eigenvalue weighted by Gasteiger charge is -2.33. The number of carbonyl (C=O) groups excluding carboxylic acids is 1. The first-order valence-electron chi connectivity index (χ1n) is 10.4. The number of anilines is 1. The second-order valence-corrected chi connectivity index (χ2v) is 8.10. The first-order chi connectivity index (χ1) is 14.0. The molecule has 0 saturated carbocycles. The zero-order chi connectivity index (χ0) is 20.6. The summed E-state index contributed by atoms with van der Waals surface area (Å²) >= 11 is 0. The molecule has 0 spiro atoms. The summed E-state index contributed by atoms with van der Waals surface area (Å²) in [5.41, 5.74) is 3.43. The number of ether oxygens (including phenoxy) is 1. The fourth-order valence-corrected chi connectivity index (χ4v) is 3.81. The molecule has 0 aromatic heterocycles. The number of hydrogen-bond acceptors (Lipinski definition) is 3. The largest absolute Gasteiger partial charge is 0.445 e. The van der Waals surface area contributed by atoms with Gasteiger partial charge in [0.25, 0.3) is 0 Å². The number of piperazine rings is 1. The Balaban J connectivity index is 1.62. The summed E-state index contributed by atoms with van der Waals surface area (Å²) in [6, 6.07) is 18.7. The molecule has 1 amide bonds. The van der Waals surface area contributed by atoms with Crippen LogP contribution in [-0.4, -0.2) is 60.0 Å². The Morgan fingerprint density at radius 3 is 2.31 bits per heavy atom. The van der Waals surface area contributed by atoms with E-state index in [1.54, 1.807) is 4.90 Å². The van der Waals surface area contributed by atoms with Gasteiger partial charge < -0.3 is 24.8 Å². The molecule has 1 aliphatic rings. The van der Waals surface area contributed by atoms with Gasteiger partial charge in [-0.15, -0.1) is 0 Å². The summed E-state index contributed by atoms with van der Waals surface area (Å²) in [6.07, 6.45) is -0.358. The number of amides is 1. The van der Waals surface area contributed by atoms with Gasteiger partial charge in [0.15, 0.2) is 0 Å². The molecule has 1 fully saturated rings. The van der Waals surface area contributed by atoms with E-state index in [0.29, 0.717) is 13.2 Å². The normalized spacial score (nSPS) is 20.0. The van der Waals surface area contributed by atoms with Gasteiger partial charge in [-0.25, -0.2) is 4.79 Å². The van der Waals surface area contributed by atoms with Gasteiger partial charge in [-0.1, -0.05) is 42.5 Å². The maximum absolute atomic E-state index is 12.3. The fraction of sp³-hybridized carbons (Fsp3) is 0.435. The molecule has 3 rings (SSSR count). The number of nitrogens with zero attached hydrogens (tertiary/aromatic N) is 1. The Hall–Kier alpha value is -2.57. The number of benzene rings is 2. The minimum atomic E-state index is -0.358. The topological polar surface area (TPSA) is 50.5 Å². The van der Waals surface area contributed by atoms with Crippen LogP contribution in [0.2, 0.25) is 0 Å². The molecule has 29 heavy (non-hydrogen) atoms.